The molecule has 1 N–H and O–H groups in total. The number of hydrogen-bond donors (Lipinski definition) is 1. The van der Waals surface area contributed by atoms with Crippen LogP contribution in [0.3, 0.4) is 0 Å². The van der Waals surface area contributed by atoms with Crippen LogP contribution in [0.5, 0.6) is 0 Å². The standard InChI is InChI=1S/C19H30N6O2S/c26-16-7-5-12-25(16)19-22-21-18(28-19)24-11-4-6-15(14-24)17(27)20-8-13-23-9-2-1-3-10-23/h15H,1-14H2,(H,20,27). The molecular formula is C19H30N6O2S. The second-order valence-electron chi connectivity index (χ2n) is 7.99. The van der Waals surface area contributed by atoms with Crippen LogP contribution in [0.4, 0.5) is 10.3 Å². The van der Waals surface area contributed by atoms with Crippen molar-refractivity contribution in [2.75, 3.05) is 55.6 Å². The fourth-order valence-corrected chi connectivity index (χ4v) is 5.25. The zero-order valence-electron chi connectivity index (χ0n) is 16.4. The summed E-state index contributed by atoms with van der Waals surface area (Å²) < 4.78 is 0. The van der Waals surface area contributed by atoms with Crippen LogP contribution >= 0.6 is 11.3 Å². The molecule has 4 rings (SSSR count). The van der Waals surface area contributed by atoms with Gasteiger partial charge in [0.2, 0.25) is 22.1 Å². The first kappa shape index (κ1) is 19.6. The monoisotopic (exact) mass is 406 g/mol. The molecule has 1 aromatic rings. The van der Waals surface area contributed by atoms with Gasteiger partial charge in [0, 0.05) is 39.1 Å². The quantitative estimate of drug-likeness (QED) is 0.771. The second kappa shape index (κ2) is 9.17. The molecule has 1 aromatic heterocycles. The van der Waals surface area contributed by atoms with E-state index >= 15 is 0 Å². The summed E-state index contributed by atoms with van der Waals surface area (Å²) in [5, 5.41) is 13.2. The van der Waals surface area contributed by atoms with Gasteiger partial charge in [-0.25, -0.2) is 0 Å². The lowest BCUT2D eigenvalue weighted by atomic mass is 9.97. The van der Waals surface area contributed by atoms with Crippen molar-refractivity contribution < 1.29 is 9.59 Å². The number of carbonyl (C=O) groups is 2. The Hall–Kier alpha value is -1.74. The Morgan fingerprint density at radius 1 is 1.04 bits per heavy atom. The van der Waals surface area contributed by atoms with Gasteiger partial charge >= 0.3 is 0 Å². The van der Waals surface area contributed by atoms with Gasteiger partial charge in [-0.1, -0.05) is 17.8 Å². The van der Waals surface area contributed by atoms with Crippen LogP contribution in [0.25, 0.3) is 0 Å². The van der Waals surface area contributed by atoms with Crippen molar-refractivity contribution in [2.24, 2.45) is 5.92 Å². The number of piperidine rings is 2. The Labute approximate surface area is 170 Å². The molecule has 0 aromatic carbocycles. The van der Waals surface area contributed by atoms with Gasteiger partial charge in [0.1, 0.15) is 0 Å². The predicted molar refractivity (Wildman–Crippen MR) is 110 cm³/mol. The fourth-order valence-electron chi connectivity index (χ4n) is 4.32. The predicted octanol–water partition coefficient (Wildman–Crippen LogP) is 1.48. The molecule has 9 heteroatoms. The van der Waals surface area contributed by atoms with Gasteiger partial charge in [-0.2, -0.15) is 0 Å². The number of anilines is 2. The van der Waals surface area contributed by atoms with Crippen molar-refractivity contribution >= 4 is 33.4 Å². The van der Waals surface area contributed by atoms with Crippen molar-refractivity contribution in [3.63, 3.8) is 0 Å². The number of likely N-dealkylation sites (tertiary alicyclic amines) is 1. The average molecular weight is 407 g/mol. The SMILES string of the molecule is O=C(NCCN1CCCCC1)C1CCCN(c2nnc(N3CCCC3=O)s2)C1. The summed E-state index contributed by atoms with van der Waals surface area (Å²) in [4.78, 5) is 30.9. The minimum absolute atomic E-state index is 0.00382. The molecule has 0 saturated carbocycles. The first-order valence-corrected chi connectivity index (χ1v) is 11.4. The van der Waals surface area contributed by atoms with Gasteiger partial charge in [-0.3, -0.25) is 14.5 Å². The maximum atomic E-state index is 12.6. The Balaban J connectivity index is 1.27. The van der Waals surface area contributed by atoms with Crippen LogP contribution < -0.4 is 15.1 Å². The van der Waals surface area contributed by atoms with Gasteiger partial charge < -0.3 is 15.1 Å². The molecule has 0 bridgehead atoms. The molecule has 1 unspecified atom stereocenters. The van der Waals surface area contributed by atoms with Crippen LogP contribution in [-0.2, 0) is 9.59 Å². The molecule has 1 atom stereocenters. The van der Waals surface area contributed by atoms with Crippen LogP contribution in [-0.4, -0.2) is 72.7 Å². The first-order chi connectivity index (χ1) is 13.7. The van der Waals surface area contributed by atoms with Gasteiger partial charge in [-0.05, 0) is 45.2 Å². The van der Waals surface area contributed by atoms with E-state index < -0.39 is 0 Å². The van der Waals surface area contributed by atoms with E-state index in [1.807, 2.05) is 0 Å². The highest BCUT2D eigenvalue weighted by atomic mass is 32.1. The summed E-state index contributed by atoms with van der Waals surface area (Å²) >= 11 is 1.46. The topological polar surface area (TPSA) is 81.7 Å². The van der Waals surface area contributed by atoms with Crippen molar-refractivity contribution in [1.82, 2.24) is 20.4 Å². The lowest BCUT2D eigenvalue weighted by Gasteiger charge is -2.32. The summed E-state index contributed by atoms with van der Waals surface area (Å²) in [6.07, 6.45) is 7.26. The van der Waals surface area contributed by atoms with E-state index in [4.69, 9.17) is 0 Å². The highest BCUT2D eigenvalue weighted by Gasteiger charge is 2.30. The molecule has 3 saturated heterocycles. The first-order valence-electron chi connectivity index (χ1n) is 10.6. The smallest absolute Gasteiger partial charge is 0.228 e. The summed E-state index contributed by atoms with van der Waals surface area (Å²) in [7, 11) is 0. The third kappa shape index (κ3) is 4.63. The summed E-state index contributed by atoms with van der Waals surface area (Å²) in [6.45, 7) is 6.30. The number of nitrogens with zero attached hydrogens (tertiary/aromatic N) is 5. The minimum Gasteiger partial charge on any atom is -0.355 e. The highest BCUT2D eigenvalue weighted by molar-refractivity contribution is 7.19. The van der Waals surface area contributed by atoms with Gasteiger partial charge in [0.25, 0.3) is 0 Å². The van der Waals surface area contributed by atoms with E-state index in [9.17, 15) is 9.59 Å². The number of hydrogen-bond acceptors (Lipinski definition) is 7. The van der Waals surface area contributed by atoms with Crippen molar-refractivity contribution in [1.29, 1.82) is 0 Å². The molecule has 4 heterocycles. The summed E-state index contributed by atoms with van der Waals surface area (Å²) in [5.41, 5.74) is 0. The van der Waals surface area contributed by atoms with Crippen LogP contribution in [0, 0.1) is 5.92 Å². The Morgan fingerprint density at radius 3 is 2.64 bits per heavy atom. The molecule has 154 valence electrons. The molecule has 0 spiro atoms. The zero-order chi connectivity index (χ0) is 19.3. The van der Waals surface area contributed by atoms with Crippen LogP contribution in [0.2, 0.25) is 0 Å². The normalized spacial score (nSPS) is 24.0. The number of carbonyl (C=O) groups excluding carboxylic acids is 2. The minimum atomic E-state index is -0.00382. The molecule has 8 nitrogen and oxygen atoms in total. The van der Waals surface area contributed by atoms with Gasteiger partial charge in [0.15, 0.2) is 0 Å². The summed E-state index contributed by atoms with van der Waals surface area (Å²) in [6, 6.07) is 0. The fraction of sp³-hybridized carbons (Fsp3) is 0.789. The Morgan fingerprint density at radius 2 is 1.86 bits per heavy atom. The molecular weight excluding hydrogens is 376 g/mol. The van der Waals surface area contributed by atoms with E-state index in [0.29, 0.717) is 18.1 Å². The second-order valence-corrected chi connectivity index (χ2v) is 8.93. The largest absolute Gasteiger partial charge is 0.355 e. The Kier molecular flexibility index (Phi) is 6.41. The van der Waals surface area contributed by atoms with E-state index in [2.05, 4.69) is 25.3 Å². The highest BCUT2D eigenvalue weighted by Crippen LogP contribution is 2.32. The Bertz CT molecular complexity index is 690. The van der Waals surface area contributed by atoms with E-state index in [0.717, 1.165) is 63.7 Å². The van der Waals surface area contributed by atoms with Crippen molar-refractivity contribution in [2.45, 2.75) is 44.9 Å². The van der Waals surface area contributed by atoms with Crippen molar-refractivity contribution in [3.8, 4) is 0 Å². The van der Waals surface area contributed by atoms with Crippen molar-refractivity contribution in [3.05, 3.63) is 0 Å². The molecule has 3 fully saturated rings. The molecule has 2 amide bonds. The number of nitrogens with one attached hydrogen (secondary N) is 1. The van der Waals surface area contributed by atoms with Crippen LogP contribution in [0.1, 0.15) is 44.9 Å². The van der Waals surface area contributed by atoms with Gasteiger partial charge in [0.05, 0.1) is 5.92 Å². The van der Waals surface area contributed by atoms with E-state index in [1.54, 1.807) is 4.90 Å². The molecule has 0 aliphatic carbocycles. The summed E-state index contributed by atoms with van der Waals surface area (Å²) in [5.74, 6) is 0.282. The third-order valence-electron chi connectivity index (χ3n) is 5.95. The maximum Gasteiger partial charge on any atom is 0.228 e. The zero-order valence-corrected chi connectivity index (χ0v) is 17.3. The molecule has 3 aliphatic rings. The number of amides is 2. The van der Waals surface area contributed by atoms with E-state index in [-0.39, 0.29) is 17.7 Å². The average Bonchev–Trinajstić information content (AvgIpc) is 3.38. The van der Waals surface area contributed by atoms with Crippen LogP contribution in [0.15, 0.2) is 0 Å². The molecule has 28 heavy (non-hydrogen) atoms. The molecule has 3 aliphatic heterocycles. The third-order valence-corrected chi connectivity index (χ3v) is 6.95. The number of rotatable bonds is 6. The van der Waals surface area contributed by atoms with Gasteiger partial charge in [-0.15, -0.1) is 10.2 Å². The van der Waals surface area contributed by atoms with E-state index in [1.165, 1.54) is 30.6 Å². The number of aromatic nitrogens is 2. The lowest BCUT2D eigenvalue weighted by molar-refractivity contribution is -0.125. The molecule has 0 radical (unpaired) electrons. The lowest BCUT2D eigenvalue weighted by Crippen LogP contribution is -2.45. The maximum absolute atomic E-state index is 12.6.